The van der Waals surface area contributed by atoms with Crippen molar-refractivity contribution in [3.63, 3.8) is 0 Å². The zero-order chi connectivity index (χ0) is 20.8. The predicted molar refractivity (Wildman–Crippen MR) is 114 cm³/mol. The number of pyridine rings is 1. The number of aryl methyl sites for hydroxylation is 1. The van der Waals surface area contributed by atoms with Crippen LogP contribution in [-0.2, 0) is 0 Å². The largest absolute Gasteiger partial charge is 0.478 e. The first kappa shape index (κ1) is 20.1. The molecule has 0 radical (unpaired) electrons. The number of carbonyl (C=O) groups excluding carboxylic acids is 1. The summed E-state index contributed by atoms with van der Waals surface area (Å²) in [6.07, 6.45) is 1.49. The number of benzene rings is 1. The smallest absolute Gasteiger partial charge is 0.257 e. The van der Waals surface area contributed by atoms with Gasteiger partial charge >= 0.3 is 0 Å². The Morgan fingerprint density at radius 2 is 1.79 bits per heavy atom. The number of hydrogen-bond acceptors (Lipinski definition) is 7. The monoisotopic (exact) mass is 392 g/mol. The fourth-order valence-electron chi connectivity index (χ4n) is 2.55. The molecule has 0 bridgehead atoms. The summed E-state index contributed by atoms with van der Waals surface area (Å²) < 4.78 is 5.29. The second-order valence-electron chi connectivity index (χ2n) is 6.56. The summed E-state index contributed by atoms with van der Waals surface area (Å²) in [4.78, 5) is 27.3. The molecular formula is C21H24N6O2. The quantitative estimate of drug-likeness (QED) is 0.634. The molecule has 0 unspecified atom stereocenters. The van der Waals surface area contributed by atoms with Crippen LogP contribution in [0.1, 0.15) is 23.0 Å². The molecule has 2 N–H and O–H groups in total. The number of hydrogen-bond donors (Lipinski definition) is 2. The van der Waals surface area contributed by atoms with E-state index >= 15 is 0 Å². The molecule has 0 aliphatic carbocycles. The Kier molecular flexibility index (Phi) is 6.23. The summed E-state index contributed by atoms with van der Waals surface area (Å²) in [5.41, 5.74) is 2.83. The zero-order valence-electron chi connectivity index (χ0n) is 16.9. The van der Waals surface area contributed by atoms with Gasteiger partial charge in [0.25, 0.3) is 5.91 Å². The second-order valence-corrected chi connectivity index (χ2v) is 6.56. The number of ether oxygens (including phenoxy) is 1. The Bertz CT molecular complexity index is 971. The van der Waals surface area contributed by atoms with Crippen LogP contribution in [0.25, 0.3) is 0 Å². The van der Waals surface area contributed by atoms with E-state index in [1.165, 1.54) is 6.20 Å². The number of nitrogens with zero attached hydrogens (tertiary/aromatic N) is 4. The van der Waals surface area contributed by atoms with Gasteiger partial charge < -0.3 is 20.3 Å². The maximum absolute atomic E-state index is 12.4. The van der Waals surface area contributed by atoms with Crippen LogP contribution >= 0.6 is 0 Å². The third kappa shape index (κ3) is 5.41. The number of carbonyl (C=O) groups is 1. The van der Waals surface area contributed by atoms with Gasteiger partial charge in [0.2, 0.25) is 11.8 Å². The van der Waals surface area contributed by atoms with Crippen LogP contribution in [0.2, 0.25) is 0 Å². The van der Waals surface area contributed by atoms with Crippen molar-refractivity contribution in [2.24, 2.45) is 0 Å². The molecule has 29 heavy (non-hydrogen) atoms. The van der Waals surface area contributed by atoms with Crippen LogP contribution in [-0.4, -0.2) is 41.6 Å². The van der Waals surface area contributed by atoms with Gasteiger partial charge in [0.15, 0.2) is 0 Å². The van der Waals surface area contributed by atoms with Crippen molar-refractivity contribution in [3.8, 4) is 5.88 Å². The molecule has 0 spiro atoms. The van der Waals surface area contributed by atoms with E-state index in [1.54, 1.807) is 12.1 Å². The van der Waals surface area contributed by atoms with Crippen LogP contribution < -0.4 is 20.3 Å². The Balaban J connectivity index is 1.65. The van der Waals surface area contributed by atoms with Gasteiger partial charge in [0.1, 0.15) is 5.82 Å². The standard InChI is InChI=1S/C21H24N6O2/c1-5-29-19-11-6-15(13-22-19)20(28)24-16-7-9-17(10-8-16)25-21-23-14(2)12-18(26-21)27(3)4/h6-13H,5H2,1-4H3,(H,24,28)(H,23,25,26). The van der Waals surface area contributed by atoms with Crippen LogP contribution in [0, 0.1) is 6.92 Å². The van der Waals surface area contributed by atoms with Crippen LogP contribution in [0.4, 0.5) is 23.1 Å². The van der Waals surface area contributed by atoms with Crippen LogP contribution in [0.3, 0.4) is 0 Å². The van der Waals surface area contributed by atoms with Crippen molar-refractivity contribution in [1.82, 2.24) is 15.0 Å². The Morgan fingerprint density at radius 1 is 1.07 bits per heavy atom. The van der Waals surface area contributed by atoms with E-state index in [1.807, 2.05) is 63.2 Å². The first-order valence-electron chi connectivity index (χ1n) is 9.25. The summed E-state index contributed by atoms with van der Waals surface area (Å²) in [7, 11) is 3.87. The van der Waals surface area contributed by atoms with Gasteiger partial charge in [-0.05, 0) is 44.2 Å². The molecule has 1 aromatic carbocycles. The predicted octanol–water partition coefficient (Wildman–Crippen LogP) is 3.64. The third-order valence-electron chi connectivity index (χ3n) is 3.99. The minimum absolute atomic E-state index is 0.237. The molecule has 0 saturated carbocycles. The van der Waals surface area contributed by atoms with Gasteiger partial charge in [-0.1, -0.05) is 0 Å². The van der Waals surface area contributed by atoms with Crippen molar-refractivity contribution in [2.45, 2.75) is 13.8 Å². The average Bonchev–Trinajstić information content (AvgIpc) is 2.70. The molecule has 0 saturated heterocycles. The topological polar surface area (TPSA) is 92.3 Å². The lowest BCUT2D eigenvalue weighted by Gasteiger charge is -2.14. The summed E-state index contributed by atoms with van der Waals surface area (Å²) in [5, 5.41) is 6.03. The molecule has 2 aromatic heterocycles. The van der Waals surface area contributed by atoms with Crippen molar-refractivity contribution in [2.75, 3.05) is 36.2 Å². The van der Waals surface area contributed by atoms with E-state index in [0.29, 0.717) is 29.7 Å². The lowest BCUT2D eigenvalue weighted by Crippen LogP contribution is -2.13. The van der Waals surface area contributed by atoms with E-state index in [-0.39, 0.29) is 5.91 Å². The maximum Gasteiger partial charge on any atom is 0.257 e. The highest BCUT2D eigenvalue weighted by Gasteiger charge is 2.08. The average molecular weight is 392 g/mol. The Labute approximate surface area is 170 Å². The first-order chi connectivity index (χ1) is 13.9. The minimum Gasteiger partial charge on any atom is -0.478 e. The normalized spacial score (nSPS) is 10.3. The Morgan fingerprint density at radius 3 is 2.41 bits per heavy atom. The van der Waals surface area contributed by atoms with Crippen LogP contribution in [0.15, 0.2) is 48.7 Å². The third-order valence-corrected chi connectivity index (χ3v) is 3.99. The second kappa shape index (κ2) is 9.01. The molecule has 150 valence electrons. The fraction of sp³-hybridized carbons (Fsp3) is 0.238. The van der Waals surface area contributed by atoms with Gasteiger partial charge in [0.05, 0.1) is 12.2 Å². The number of amides is 1. The molecule has 3 aromatic rings. The van der Waals surface area contributed by atoms with E-state index in [9.17, 15) is 4.79 Å². The van der Waals surface area contributed by atoms with Crippen molar-refractivity contribution in [3.05, 3.63) is 59.9 Å². The van der Waals surface area contributed by atoms with Crippen molar-refractivity contribution in [1.29, 1.82) is 0 Å². The SMILES string of the molecule is CCOc1ccc(C(=O)Nc2ccc(Nc3nc(C)cc(N(C)C)n3)cc2)cn1. The molecule has 1 amide bonds. The summed E-state index contributed by atoms with van der Waals surface area (Å²) >= 11 is 0. The lowest BCUT2D eigenvalue weighted by molar-refractivity contribution is 0.102. The van der Waals surface area contributed by atoms with Gasteiger partial charge in [-0.3, -0.25) is 4.79 Å². The molecule has 3 rings (SSSR count). The number of rotatable bonds is 7. The molecule has 0 aliphatic rings. The molecule has 0 fully saturated rings. The zero-order valence-corrected chi connectivity index (χ0v) is 16.9. The van der Waals surface area contributed by atoms with Crippen molar-refractivity contribution < 1.29 is 9.53 Å². The summed E-state index contributed by atoms with van der Waals surface area (Å²) in [6.45, 7) is 4.34. The molecule has 8 heteroatoms. The van der Waals surface area contributed by atoms with Gasteiger partial charge in [-0.25, -0.2) is 9.97 Å². The molecule has 0 aliphatic heterocycles. The van der Waals surface area contributed by atoms with Crippen molar-refractivity contribution >= 4 is 29.0 Å². The van der Waals surface area contributed by atoms with E-state index in [4.69, 9.17) is 4.74 Å². The Hall–Kier alpha value is -3.68. The highest BCUT2D eigenvalue weighted by Crippen LogP contribution is 2.19. The van der Waals surface area contributed by atoms with Gasteiger partial charge in [-0.15, -0.1) is 0 Å². The highest BCUT2D eigenvalue weighted by atomic mass is 16.5. The molecule has 0 atom stereocenters. The highest BCUT2D eigenvalue weighted by molar-refractivity contribution is 6.04. The van der Waals surface area contributed by atoms with E-state index in [0.717, 1.165) is 17.2 Å². The summed E-state index contributed by atoms with van der Waals surface area (Å²) in [6, 6.07) is 12.6. The number of nitrogens with one attached hydrogen (secondary N) is 2. The first-order valence-corrected chi connectivity index (χ1v) is 9.25. The van der Waals surface area contributed by atoms with E-state index < -0.39 is 0 Å². The van der Waals surface area contributed by atoms with E-state index in [2.05, 4.69) is 25.6 Å². The molecular weight excluding hydrogens is 368 g/mol. The molecule has 8 nitrogen and oxygen atoms in total. The lowest BCUT2D eigenvalue weighted by atomic mass is 10.2. The minimum atomic E-state index is -0.237. The van der Waals surface area contributed by atoms with Crippen LogP contribution in [0.5, 0.6) is 5.88 Å². The van der Waals surface area contributed by atoms with Gasteiger partial charge in [0, 0.05) is 49.5 Å². The fourth-order valence-corrected chi connectivity index (χ4v) is 2.55. The number of anilines is 4. The molecule has 2 heterocycles. The number of aromatic nitrogens is 3. The van der Waals surface area contributed by atoms with Gasteiger partial charge in [-0.2, -0.15) is 4.98 Å². The summed E-state index contributed by atoms with van der Waals surface area (Å²) in [5.74, 6) is 1.60. The maximum atomic E-state index is 12.4.